The van der Waals surface area contributed by atoms with E-state index in [0.29, 0.717) is 12.1 Å². The SMILES string of the molecule is Cc1cn([C@H]2C[C@H](O)[C@@H](COP(O)(=S)OCCNc3ccccc3)O2)c(=O)[nH]c1=O. The van der Waals surface area contributed by atoms with Crippen LogP contribution in [0.15, 0.2) is 46.1 Å². The Hall–Kier alpha value is -1.85. The predicted octanol–water partition coefficient (Wildman–Crippen LogP) is 0.856. The van der Waals surface area contributed by atoms with Crippen molar-refractivity contribution < 1.29 is 23.8 Å². The second kappa shape index (κ2) is 9.97. The largest absolute Gasteiger partial charge is 0.390 e. The lowest BCUT2D eigenvalue weighted by atomic mass is 10.2. The van der Waals surface area contributed by atoms with E-state index in [1.165, 1.54) is 10.8 Å². The normalized spacial score (nSPS) is 23.2. The molecule has 1 aliphatic heterocycles. The first kappa shape index (κ1) is 22.8. The van der Waals surface area contributed by atoms with Gasteiger partial charge in [0.05, 0.1) is 19.3 Å². The van der Waals surface area contributed by atoms with E-state index in [0.717, 1.165) is 5.69 Å². The van der Waals surface area contributed by atoms with Gasteiger partial charge in [0.2, 0.25) is 0 Å². The summed E-state index contributed by atoms with van der Waals surface area (Å²) in [7, 11) is 0. The first-order valence-electron chi connectivity index (χ1n) is 9.31. The molecule has 1 saturated heterocycles. The Kier molecular flexibility index (Phi) is 7.59. The molecule has 2 heterocycles. The molecule has 12 heteroatoms. The first-order chi connectivity index (χ1) is 14.2. The summed E-state index contributed by atoms with van der Waals surface area (Å²) in [5.74, 6) is 0. The van der Waals surface area contributed by atoms with Gasteiger partial charge in [-0.1, -0.05) is 18.2 Å². The van der Waals surface area contributed by atoms with Gasteiger partial charge in [0.25, 0.3) is 5.56 Å². The molecule has 30 heavy (non-hydrogen) atoms. The summed E-state index contributed by atoms with van der Waals surface area (Å²) >= 11 is 4.98. The van der Waals surface area contributed by atoms with Crippen LogP contribution in [0.5, 0.6) is 0 Å². The molecule has 1 unspecified atom stereocenters. The lowest BCUT2D eigenvalue weighted by molar-refractivity contribution is -0.0436. The van der Waals surface area contributed by atoms with Crippen molar-refractivity contribution in [2.45, 2.75) is 31.8 Å². The molecule has 2 aromatic rings. The lowest BCUT2D eigenvalue weighted by Gasteiger charge is -2.20. The van der Waals surface area contributed by atoms with Crippen LogP contribution in [0.4, 0.5) is 5.69 Å². The number of aromatic nitrogens is 2. The quantitative estimate of drug-likeness (QED) is 0.319. The van der Waals surface area contributed by atoms with Crippen molar-refractivity contribution in [2.75, 3.05) is 25.1 Å². The maximum atomic E-state index is 12.0. The standard InChI is InChI=1S/C18H24N3O7PS/c1-12-10-21(18(24)20-17(12)23)16-9-14(22)15(28-16)11-27-29(25,30)26-8-7-19-13-5-3-2-4-6-13/h2-6,10,14-16,19,22H,7-9,11H2,1H3,(H,25,30)(H,20,23,24)/t14-,15+,16+,29?/m0/s1. The fourth-order valence-electron chi connectivity index (χ4n) is 2.95. The van der Waals surface area contributed by atoms with Crippen molar-refractivity contribution in [3.05, 3.63) is 62.9 Å². The van der Waals surface area contributed by atoms with Crippen LogP contribution < -0.4 is 16.6 Å². The average Bonchev–Trinajstić information content (AvgIpc) is 3.08. The lowest BCUT2D eigenvalue weighted by Crippen LogP contribution is -2.33. The third kappa shape index (κ3) is 6.08. The average molecular weight is 457 g/mol. The molecular formula is C18H24N3O7PS. The maximum absolute atomic E-state index is 12.0. The predicted molar refractivity (Wildman–Crippen MR) is 114 cm³/mol. The van der Waals surface area contributed by atoms with Crippen LogP contribution in [0.1, 0.15) is 18.2 Å². The summed E-state index contributed by atoms with van der Waals surface area (Å²) in [4.78, 5) is 35.9. The maximum Gasteiger partial charge on any atom is 0.330 e. The zero-order valence-electron chi connectivity index (χ0n) is 16.3. The van der Waals surface area contributed by atoms with Gasteiger partial charge in [-0.05, 0) is 30.9 Å². The van der Waals surface area contributed by atoms with Crippen LogP contribution >= 0.6 is 6.72 Å². The van der Waals surface area contributed by atoms with Crippen LogP contribution in [-0.2, 0) is 25.6 Å². The summed E-state index contributed by atoms with van der Waals surface area (Å²) in [5.41, 5.74) is 0.144. The topological polar surface area (TPSA) is 135 Å². The van der Waals surface area contributed by atoms with E-state index in [9.17, 15) is 19.6 Å². The fourth-order valence-corrected chi connectivity index (χ4v) is 4.09. The van der Waals surface area contributed by atoms with E-state index in [1.807, 2.05) is 30.3 Å². The number of aliphatic hydroxyl groups excluding tert-OH is 1. The number of aromatic amines is 1. The minimum Gasteiger partial charge on any atom is -0.390 e. The van der Waals surface area contributed by atoms with E-state index < -0.39 is 36.4 Å². The van der Waals surface area contributed by atoms with Gasteiger partial charge in [-0.25, -0.2) is 4.79 Å². The van der Waals surface area contributed by atoms with Gasteiger partial charge < -0.3 is 29.1 Å². The molecule has 0 amide bonds. The van der Waals surface area contributed by atoms with Gasteiger partial charge in [0.1, 0.15) is 12.3 Å². The third-order valence-electron chi connectivity index (χ3n) is 4.52. The van der Waals surface area contributed by atoms with E-state index in [-0.39, 0.29) is 19.6 Å². The van der Waals surface area contributed by atoms with E-state index in [4.69, 9.17) is 25.6 Å². The Morgan fingerprint density at radius 3 is 2.80 bits per heavy atom. The number of hydrogen-bond donors (Lipinski definition) is 4. The highest BCUT2D eigenvalue weighted by atomic mass is 32.5. The molecular weight excluding hydrogens is 433 g/mol. The molecule has 0 saturated carbocycles. The van der Waals surface area contributed by atoms with Gasteiger partial charge in [-0.2, -0.15) is 0 Å². The van der Waals surface area contributed by atoms with Crippen LogP contribution in [0.3, 0.4) is 0 Å². The molecule has 4 atom stereocenters. The summed E-state index contributed by atoms with van der Waals surface area (Å²) in [6.07, 6.45) is -1.03. The number of nitrogens with one attached hydrogen (secondary N) is 2. The molecule has 164 valence electrons. The van der Waals surface area contributed by atoms with Crippen molar-refractivity contribution in [1.29, 1.82) is 0 Å². The summed E-state index contributed by atoms with van der Waals surface area (Å²) in [6.45, 7) is -1.61. The van der Waals surface area contributed by atoms with Crippen LogP contribution in [0.2, 0.25) is 0 Å². The zero-order chi connectivity index (χ0) is 21.7. The van der Waals surface area contributed by atoms with E-state index in [1.54, 1.807) is 6.92 Å². The molecule has 1 aromatic carbocycles. The number of H-pyrrole nitrogens is 1. The minimum absolute atomic E-state index is 0.121. The number of para-hydroxylation sites is 1. The Bertz CT molecular complexity index is 1010. The summed E-state index contributed by atoms with van der Waals surface area (Å²) < 4.78 is 17.4. The molecule has 0 bridgehead atoms. The Labute approximate surface area is 177 Å². The minimum atomic E-state index is -3.52. The number of rotatable bonds is 9. The Morgan fingerprint density at radius 1 is 1.33 bits per heavy atom. The van der Waals surface area contributed by atoms with Gasteiger partial charge in [-0.3, -0.25) is 14.3 Å². The smallest absolute Gasteiger partial charge is 0.330 e. The second-order valence-electron chi connectivity index (χ2n) is 6.80. The highest BCUT2D eigenvalue weighted by Gasteiger charge is 2.36. The third-order valence-corrected chi connectivity index (χ3v) is 6.14. The molecule has 1 fully saturated rings. The second-order valence-corrected chi connectivity index (χ2v) is 9.64. The van der Waals surface area contributed by atoms with Gasteiger partial charge in [0, 0.05) is 30.4 Å². The van der Waals surface area contributed by atoms with Gasteiger partial charge in [-0.15, -0.1) is 0 Å². The van der Waals surface area contributed by atoms with Crippen molar-refractivity contribution in [2.24, 2.45) is 0 Å². The highest BCUT2D eigenvalue weighted by Crippen LogP contribution is 2.44. The van der Waals surface area contributed by atoms with Crippen molar-refractivity contribution >= 4 is 24.2 Å². The van der Waals surface area contributed by atoms with Crippen molar-refractivity contribution in [1.82, 2.24) is 9.55 Å². The zero-order valence-corrected chi connectivity index (χ0v) is 18.0. The molecule has 3 rings (SSSR count). The van der Waals surface area contributed by atoms with E-state index in [2.05, 4.69) is 10.3 Å². The molecule has 0 aliphatic carbocycles. The molecule has 0 spiro atoms. The van der Waals surface area contributed by atoms with Crippen LogP contribution in [0.25, 0.3) is 0 Å². The molecule has 1 aliphatic rings. The Morgan fingerprint density at radius 2 is 2.07 bits per heavy atom. The molecule has 4 N–H and O–H groups in total. The number of anilines is 1. The molecule has 1 aromatic heterocycles. The highest BCUT2D eigenvalue weighted by molar-refractivity contribution is 8.07. The molecule has 0 radical (unpaired) electrons. The number of aryl methyl sites for hydroxylation is 1. The summed E-state index contributed by atoms with van der Waals surface area (Å²) in [6, 6.07) is 9.49. The van der Waals surface area contributed by atoms with Crippen LogP contribution in [-0.4, -0.2) is 51.5 Å². The number of nitrogens with zero attached hydrogens (tertiary/aromatic N) is 1. The summed E-state index contributed by atoms with van der Waals surface area (Å²) in [5, 5.41) is 13.3. The monoisotopic (exact) mass is 457 g/mol. The Balaban J connectivity index is 1.48. The number of ether oxygens (including phenoxy) is 1. The number of benzene rings is 1. The number of aliphatic hydroxyl groups is 1. The first-order valence-corrected chi connectivity index (χ1v) is 11.9. The van der Waals surface area contributed by atoms with Crippen molar-refractivity contribution in [3.63, 3.8) is 0 Å². The van der Waals surface area contributed by atoms with Gasteiger partial charge >= 0.3 is 12.4 Å². The van der Waals surface area contributed by atoms with Crippen LogP contribution in [0, 0.1) is 6.92 Å². The fraction of sp³-hybridized carbons (Fsp3) is 0.444. The van der Waals surface area contributed by atoms with Gasteiger partial charge in [0.15, 0.2) is 0 Å². The molecule has 10 nitrogen and oxygen atoms in total. The number of hydrogen-bond acceptors (Lipinski definition) is 8. The van der Waals surface area contributed by atoms with E-state index >= 15 is 0 Å². The van der Waals surface area contributed by atoms with Crippen molar-refractivity contribution in [3.8, 4) is 0 Å².